The van der Waals surface area contributed by atoms with E-state index in [1.165, 1.54) is 11.1 Å². The normalized spacial score (nSPS) is 10.9. The number of methoxy groups -OCH3 is 2. The van der Waals surface area contributed by atoms with Gasteiger partial charge in [-0.05, 0) is 74.2 Å². The number of aromatic nitrogens is 2. The Kier molecular flexibility index (Phi) is 8.10. The van der Waals surface area contributed by atoms with Crippen molar-refractivity contribution in [1.82, 2.24) is 14.9 Å². The summed E-state index contributed by atoms with van der Waals surface area (Å²) in [5, 5.41) is 3.00. The third kappa shape index (κ3) is 5.62. The molecule has 3 aromatic carbocycles. The van der Waals surface area contributed by atoms with Crippen molar-refractivity contribution in [2.75, 3.05) is 20.8 Å². The van der Waals surface area contributed by atoms with Crippen molar-refractivity contribution < 1.29 is 19.0 Å². The van der Waals surface area contributed by atoms with Gasteiger partial charge in [-0.15, -0.1) is 0 Å². The number of rotatable bonds is 11. The molecule has 0 saturated carbocycles. The number of hydrogen-bond acceptors (Lipinski definition) is 5. The Morgan fingerprint density at radius 2 is 1.72 bits per heavy atom. The van der Waals surface area contributed by atoms with Crippen molar-refractivity contribution in [3.05, 3.63) is 83.2 Å². The second-order valence-corrected chi connectivity index (χ2v) is 8.67. The fraction of sp³-hybridized carbons (Fsp3) is 0.310. The summed E-state index contributed by atoms with van der Waals surface area (Å²) in [5.41, 5.74) is 4.89. The van der Waals surface area contributed by atoms with E-state index in [1.807, 2.05) is 30.3 Å². The molecule has 0 fully saturated rings. The zero-order chi connectivity index (χ0) is 25.5. The van der Waals surface area contributed by atoms with Crippen LogP contribution in [0.25, 0.3) is 11.0 Å². The molecule has 7 heteroatoms. The van der Waals surface area contributed by atoms with E-state index in [0.29, 0.717) is 30.2 Å². The summed E-state index contributed by atoms with van der Waals surface area (Å²) >= 11 is 0. The zero-order valence-corrected chi connectivity index (χ0v) is 21.3. The van der Waals surface area contributed by atoms with Crippen LogP contribution >= 0.6 is 0 Å². The van der Waals surface area contributed by atoms with Crippen LogP contribution in [0.4, 0.5) is 0 Å². The number of aryl methyl sites for hydroxylation is 2. The Labute approximate surface area is 212 Å². The molecule has 0 saturated heterocycles. The van der Waals surface area contributed by atoms with E-state index in [-0.39, 0.29) is 5.91 Å². The number of amides is 1. The predicted molar refractivity (Wildman–Crippen MR) is 141 cm³/mol. The van der Waals surface area contributed by atoms with Crippen molar-refractivity contribution in [2.45, 2.75) is 39.8 Å². The Balaban J connectivity index is 1.40. The molecule has 1 heterocycles. The van der Waals surface area contributed by atoms with Crippen LogP contribution in [0.15, 0.2) is 60.7 Å². The second-order valence-electron chi connectivity index (χ2n) is 8.67. The van der Waals surface area contributed by atoms with Crippen LogP contribution in [0.5, 0.6) is 17.2 Å². The largest absolute Gasteiger partial charge is 0.493 e. The number of fused-ring (bicyclic) bond motifs is 1. The maximum absolute atomic E-state index is 12.8. The summed E-state index contributed by atoms with van der Waals surface area (Å²) < 4.78 is 18.8. The molecule has 0 aliphatic carbocycles. The molecule has 4 aromatic rings. The number of ether oxygens (including phenoxy) is 3. The Bertz CT molecular complexity index is 1350. The highest BCUT2D eigenvalue weighted by atomic mass is 16.5. The topological polar surface area (TPSA) is 74.6 Å². The van der Waals surface area contributed by atoms with Crippen LogP contribution < -0.4 is 19.5 Å². The van der Waals surface area contributed by atoms with Crippen molar-refractivity contribution in [3.8, 4) is 17.2 Å². The molecule has 0 bridgehead atoms. The third-order valence-corrected chi connectivity index (χ3v) is 6.37. The lowest BCUT2D eigenvalue weighted by Gasteiger charge is -2.13. The van der Waals surface area contributed by atoms with Crippen molar-refractivity contribution in [1.29, 1.82) is 0 Å². The van der Waals surface area contributed by atoms with Crippen LogP contribution in [0.1, 0.15) is 40.2 Å². The van der Waals surface area contributed by atoms with Gasteiger partial charge in [0.2, 0.25) is 0 Å². The van der Waals surface area contributed by atoms with Crippen LogP contribution in [0.2, 0.25) is 0 Å². The molecule has 4 rings (SSSR count). The van der Waals surface area contributed by atoms with E-state index in [9.17, 15) is 4.79 Å². The molecule has 0 radical (unpaired) electrons. The van der Waals surface area contributed by atoms with Gasteiger partial charge in [0.25, 0.3) is 5.91 Å². The number of nitrogens with zero attached hydrogens (tertiary/aromatic N) is 2. The zero-order valence-electron chi connectivity index (χ0n) is 21.3. The molecule has 0 spiro atoms. The molecule has 36 heavy (non-hydrogen) atoms. The van der Waals surface area contributed by atoms with Gasteiger partial charge in [-0.3, -0.25) is 4.79 Å². The number of hydrogen-bond donors (Lipinski definition) is 1. The molecule has 0 aliphatic heterocycles. The average molecular weight is 488 g/mol. The van der Waals surface area contributed by atoms with Crippen molar-refractivity contribution in [2.24, 2.45) is 0 Å². The molecular weight excluding hydrogens is 454 g/mol. The summed E-state index contributed by atoms with van der Waals surface area (Å²) in [6, 6.07) is 19.3. The van der Waals surface area contributed by atoms with Gasteiger partial charge >= 0.3 is 0 Å². The first kappa shape index (κ1) is 25.1. The van der Waals surface area contributed by atoms with Crippen LogP contribution in [0.3, 0.4) is 0 Å². The lowest BCUT2D eigenvalue weighted by atomic mass is 10.1. The smallest absolute Gasteiger partial charge is 0.251 e. The summed E-state index contributed by atoms with van der Waals surface area (Å²) in [7, 11) is 3.12. The SMILES string of the molecule is COc1ccc(C(=O)NCc2nc3ccccc3n2CCCCOc2cccc(C)c2C)cc1OC. The lowest BCUT2D eigenvalue weighted by molar-refractivity contribution is 0.0949. The van der Waals surface area contributed by atoms with Gasteiger partial charge in [0, 0.05) is 12.1 Å². The average Bonchev–Trinajstić information content (AvgIpc) is 3.26. The molecule has 7 nitrogen and oxygen atoms in total. The number of imidazole rings is 1. The third-order valence-electron chi connectivity index (χ3n) is 6.37. The minimum absolute atomic E-state index is 0.198. The fourth-order valence-electron chi connectivity index (χ4n) is 4.18. The van der Waals surface area contributed by atoms with Gasteiger partial charge in [-0.2, -0.15) is 0 Å². The van der Waals surface area contributed by atoms with Gasteiger partial charge < -0.3 is 24.1 Å². The summed E-state index contributed by atoms with van der Waals surface area (Å²) in [6.07, 6.45) is 1.85. The first-order valence-electron chi connectivity index (χ1n) is 12.1. The minimum atomic E-state index is -0.198. The van der Waals surface area contributed by atoms with Gasteiger partial charge in [-0.25, -0.2) is 4.98 Å². The molecule has 0 atom stereocenters. The second kappa shape index (κ2) is 11.6. The van der Waals surface area contributed by atoms with E-state index in [2.05, 4.69) is 35.9 Å². The predicted octanol–water partition coefficient (Wildman–Crippen LogP) is 5.46. The number of carbonyl (C=O) groups excluding carboxylic acids is 1. The van der Waals surface area contributed by atoms with Crippen molar-refractivity contribution in [3.63, 3.8) is 0 Å². The Morgan fingerprint density at radius 1 is 0.917 bits per heavy atom. The molecule has 188 valence electrons. The maximum Gasteiger partial charge on any atom is 0.251 e. The number of nitrogens with one attached hydrogen (secondary N) is 1. The fourth-order valence-corrected chi connectivity index (χ4v) is 4.18. The highest BCUT2D eigenvalue weighted by Crippen LogP contribution is 2.27. The van der Waals surface area contributed by atoms with E-state index in [0.717, 1.165) is 42.0 Å². The van der Waals surface area contributed by atoms with Crippen molar-refractivity contribution >= 4 is 16.9 Å². The van der Waals surface area contributed by atoms with E-state index in [4.69, 9.17) is 19.2 Å². The van der Waals surface area contributed by atoms with Gasteiger partial charge in [0.15, 0.2) is 11.5 Å². The Hall–Kier alpha value is -4.00. The number of benzene rings is 3. The first-order chi connectivity index (χ1) is 17.5. The molecule has 1 N–H and O–H groups in total. The number of para-hydroxylation sites is 2. The summed E-state index contributed by atoms with van der Waals surface area (Å²) in [6.45, 7) is 5.95. The first-order valence-corrected chi connectivity index (χ1v) is 12.1. The van der Waals surface area contributed by atoms with Crippen LogP contribution in [0, 0.1) is 13.8 Å². The van der Waals surface area contributed by atoms with Gasteiger partial charge in [0.05, 0.1) is 38.4 Å². The molecular formula is C29H33N3O4. The molecule has 1 amide bonds. The highest BCUT2D eigenvalue weighted by molar-refractivity contribution is 5.94. The summed E-state index contributed by atoms with van der Waals surface area (Å²) in [5.74, 6) is 2.66. The van der Waals surface area contributed by atoms with E-state index in [1.54, 1.807) is 32.4 Å². The Morgan fingerprint density at radius 3 is 2.53 bits per heavy atom. The van der Waals surface area contributed by atoms with Crippen LogP contribution in [-0.2, 0) is 13.1 Å². The van der Waals surface area contributed by atoms with Gasteiger partial charge in [0.1, 0.15) is 11.6 Å². The van der Waals surface area contributed by atoms with E-state index >= 15 is 0 Å². The minimum Gasteiger partial charge on any atom is -0.493 e. The standard InChI is InChI=1S/C29H33N3O4/c1-20-10-9-13-25(21(20)2)36-17-8-7-16-32-24-12-6-5-11-23(24)31-28(32)19-30-29(33)22-14-15-26(34-3)27(18-22)35-4/h5-6,9-15,18H,7-8,16-17,19H2,1-4H3,(H,30,33). The maximum atomic E-state index is 12.8. The lowest BCUT2D eigenvalue weighted by Crippen LogP contribution is -2.25. The summed E-state index contributed by atoms with van der Waals surface area (Å²) in [4.78, 5) is 17.6. The molecule has 0 aliphatic rings. The molecule has 1 aromatic heterocycles. The monoisotopic (exact) mass is 487 g/mol. The van der Waals surface area contributed by atoms with Gasteiger partial charge in [-0.1, -0.05) is 24.3 Å². The number of unbranched alkanes of at least 4 members (excludes halogenated alkanes) is 1. The molecule has 0 unspecified atom stereocenters. The number of carbonyl (C=O) groups is 1. The van der Waals surface area contributed by atoms with E-state index < -0.39 is 0 Å². The quantitative estimate of drug-likeness (QED) is 0.284. The van der Waals surface area contributed by atoms with Crippen LogP contribution in [-0.4, -0.2) is 36.3 Å². The highest BCUT2D eigenvalue weighted by Gasteiger charge is 2.14.